The van der Waals surface area contributed by atoms with Crippen molar-refractivity contribution in [2.45, 2.75) is 49.7 Å². The molecule has 2 aliphatic rings. The summed E-state index contributed by atoms with van der Waals surface area (Å²) in [4.78, 5) is 0. The molecule has 1 aromatic carbocycles. The highest BCUT2D eigenvalue weighted by molar-refractivity contribution is 5.20. The Kier molecular flexibility index (Phi) is 2.93. The minimum absolute atomic E-state index is 0.359. The molecule has 3 atom stereocenters. The molecule has 2 fully saturated rings. The minimum atomic E-state index is 0.359. The second-order valence-corrected chi connectivity index (χ2v) is 5.75. The number of benzene rings is 1. The Labute approximate surface area is 104 Å². The lowest BCUT2D eigenvalue weighted by molar-refractivity contribution is 0.231. The van der Waals surface area contributed by atoms with Gasteiger partial charge in [0.05, 0.1) is 0 Å². The zero-order valence-electron chi connectivity index (χ0n) is 10.6. The third kappa shape index (κ3) is 2.24. The van der Waals surface area contributed by atoms with Crippen LogP contribution in [0.4, 0.5) is 0 Å². The molecule has 92 valence electrons. The summed E-state index contributed by atoms with van der Waals surface area (Å²) in [5, 5.41) is 7.35. The van der Waals surface area contributed by atoms with Gasteiger partial charge >= 0.3 is 0 Å². The molecule has 2 aliphatic heterocycles. The lowest BCUT2D eigenvalue weighted by Gasteiger charge is -2.39. The first kappa shape index (κ1) is 11.2. The van der Waals surface area contributed by atoms with Crippen molar-refractivity contribution in [3.05, 3.63) is 35.9 Å². The Balaban J connectivity index is 1.77. The second kappa shape index (κ2) is 4.43. The van der Waals surface area contributed by atoms with Gasteiger partial charge in [-0.25, -0.2) is 0 Å². The molecule has 0 saturated carbocycles. The van der Waals surface area contributed by atoms with Gasteiger partial charge in [-0.2, -0.15) is 0 Å². The Hall–Kier alpha value is -0.860. The Morgan fingerprint density at radius 3 is 2.94 bits per heavy atom. The number of hydrogen-bond acceptors (Lipinski definition) is 2. The van der Waals surface area contributed by atoms with Crippen LogP contribution in [0.5, 0.6) is 0 Å². The summed E-state index contributed by atoms with van der Waals surface area (Å²) < 4.78 is 0. The van der Waals surface area contributed by atoms with Gasteiger partial charge < -0.3 is 10.6 Å². The fourth-order valence-electron chi connectivity index (χ4n) is 3.68. The zero-order valence-corrected chi connectivity index (χ0v) is 10.6. The van der Waals surface area contributed by atoms with Gasteiger partial charge in [-0.05, 0) is 44.7 Å². The van der Waals surface area contributed by atoms with E-state index in [1.165, 1.54) is 37.7 Å². The van der Waals surface area contributed by atoms with E-state index in [4.69, 9.17) is 0 Å². The summed E-state index contributed by atoms with van der Waals surface area (Å²) in [6, 6.07) is 12.4. The standard InChI is InChI=1S/C15H22N2/c1-16-14-9-13-7-8-15(11-14,17-13)10-12-5-3-2-4-6-12/h2-6,13-14,16-17H,7-11H2,1H3/t13?,14-,15?/m0/s1. The number of hydrogen-bond donors (Lipinski definition) is 2. The van der Waals surface area contributed by atoms with Crippen molar-refractivity contribution in [1.82, 2.24) is 10.6 Å². The van der Waals surface area contributed by atoms with Crippen molar-refractivity contribution in [2.75, 3.05) is 7.05 Å². The molecule has 0 amide bonds. The molecule has 3 rings (SSSR count). The Morgan fingerprint density at radius 1 is 1.35 bits per heavy atom. The number of nitrogens with one attached hydrogen (secondary N) is 2. The topological polar surface area (TPSA) is 24.1 Å². The molecule has 2 N–H and O–H groups in total. The average Bonchev–Trinajstić information content (AvgIpc) is 2.65. The first-order chi connectivity index (χ1) is 8.30. The monoisotopic (exact) mass is 230 g/mol. The van der Waals surface area contributed by atoms with E-state index in [1.807, 2.05) is 0 Å². The highest BCUT2D eigenvalue weighted by atomic mass is 15.1. The van der Waals surface area contributed by atoms with E-state index in [1.54, 1.807) is 0 Å². The lowest BCUT2D eigenvalue weighted by Crippen LogP contribution is -2.55. The van der Waals surface area contributed by atoms with Crippen LogP contribution in [0.2, 0.25) is 0 Å². The molecule has 2 heterocycles. The molecular weight excluding hydrogens is 208 g/mol. The third-order valence-corrected chi connectivity index (χ3v) is 4.48. The van der Waals surface area contributed by atoms with Gasteiger partial charge in [0.2, 0.25) is 0 Å². The van der Waals surface area contributed by atoms with Gasteiger partial charge in [-0.15, -0.1) is 0 Å². The van der Waals surface area contributed by atoms with Crippen LogP contribution in [-0.4, -0.2) is 24.7 Å². The Bertz CT molecular complexity index is 376. The highest BCUT2D eigenvalue weighted by Gasteiger charge is 2.44. The van der Waals surface area contributed by atoms with Crippen molar-refractivity contribution >= 4 is 0 Å². The van der Waals surface area contributed by atoms with Crippen LogP contribution in [0, 0.1) is 0 Å². The van der Waals surface area contributed by atoms with Crippen molar-refractivity contribution in [3.8, 4) is 0 Å². The number of fused-ring (bicyclic) bond motifs is 2. The number of rotatable bonds is 3. The molecule has 2 saturated heterocycles. The van der Waals surface area contributed by atoms with Crippen LogP contribution in [0.3, 0.4) is 0 Å². The first-order valence-corrected chi connectivity index (χ1v) is 6.79. The van der Waals surface area contributed by atoms with E-state index < -0.39 is 0 Å². The van der Waals surface area contributed by atoms with Crippen LogP contribution in [0.15, 0.2) is 30.3 Å². The van der Waals surface area contributed by atoms with Gasteiger partial charge in [0.1, 0.15) is 0 Å². The van der Waals surface area contributed by atoms with Crippen LogP contribution in [0.25, 0.3) is 0 Å². The predicted molar refractivity (Wildman–Crippen MR) is 71.1 cm³/mol. The summed E-state index contributed by atoms with van der Waals surface area (Å²) in [5.41, 5.74) is 1.83. The van der Waals surface area contributed by atoms with Gasteiger partial charge in [-0.1, -0.05) is 30.3 Å². The largest absolute Gasteiger partial charge is 0.317 e. The SMILES string of the molecule is CN[C@H]1CC2CCC(Cc3ccccc3)(C1)N2. The normalized spacial score (nSPS) is 36.1. The fourth-order valence-corrected chi connectivity index (χ4v) is 3.68. The van der Waals surface area contributed by atoms with Crippen molar-refractivity contribution < 1.29 is 0 Å². The average molecular weight is 230 g/mol. The molecule has 17 heavy (non-hydrogen) atoms. The van der Waals surface area contributed by atoms with E-state index in [0.29, 0.717) is 11.6 Å². The molecule has 0 radical (unpaired) electrons. The van der Waals surface area contributed by atoms with E-state index in [2.05, 4.69) is 48.0 Å². The molecule has 1 aromatic rings. The molecule has 2 nitrogen and oxygen atoms in total. The summed E-state index contributed by atoms with van der Waals surface area (Å²) in [7, 11) is 2.10. The first-order valence-electron chi connectivity index (χ1n) is 6.79. The quantitative estimate of drug-likeness (QED) is 0.831. The van der Waals surface area contributed by atoms with Crippen LogP contribution in [0.1, 0.15) is 31.2 Å². The molecule has 0 aromatic heterocycles. The van der Waals surface area contributed by atoms with Crippen molar-refractivity contribution in [2.24, 2.45) is 0 Å². The summed E-state index contributed by atoms with van der Waals surface area (Å²) in [6.45, 7) is 0. The summed E-state index contributed by atoms with van der Waals surface area (Å²) >= 11 is 0. The summed E-state index contributed by atoms with van der Waals surface area (Å²) in [5.74, 6) is 0. The molecule has 2 unspecified atom stereocenters. The van der Waals surface area contributed by atoms with E-state index in [0.717, 1.165) is 6.04 Å². The molecule has 0 spiro atoms. The maximum absolute atomic E-state index is 3.88. The third-order valence-electron chi connectivity index (χ3n) is 4.48. The van der Waals surface area contributed by atoms with Gasteiger partial charge in [0.25, 0.3) is 0 Å². The maximum atomic E-state index is 3.88. The number of piperidine rings is 1. The van der Waals surface area contributed by atoms with Gasteiger partial charge in [0.15, 0.2) is 0 Å². The van der Waals surface area contributed by atoms with E-state index >= 15 is 0 Å². The summed E-state index contributed by atoms with van der Waals surface area (Å²) in [6.07, 6.45) is 6.44. The smallest absolute Gasteiger partial charge is 0.0239 e. The highest BCUT2D eigenvalue weighted by Crippen LogP contribution is 2.37. The van der Waals surface area contributed by atoms with Crippen molar-refractivity contribution in [3.63, 3.8) is 0 Å². The van der Waals surface area contributed by atoms with Crippen LogP contribution in [-0.2, 0) is 6.42 Å². The maximum Gasteiger partial charge on any atom is 0.0239 e. The molecule has 2 bridgehead atoms. The van der Waals surface area contributed by atoms with Crippen molar-refractivity contribution in [1.29, 1.82) is 0 Å². The molecular formula is C15H22N2. The van der Waals surface area contributed by atoms with Crippen LogP contribution >= 0.6 is 0 Å². The molecule has 2 heteroatoms. The molecule has 0 aliphatic carbocycles. The van der Waals surface area contributed by atoms with Gasteiger partial charge in [-0.3, -0.25) is 0 Å². The zero-order chi connectivity index (χ0) is 11.7. The lowest BCUT2D eigenvalue weighted by atomic mass is 9.82. The second-order valence-electron chi connectivity index (χ2n) is 5.75. The van der Waals surface area contributed by atoms with E-state index in [9.17, 15) is 0 Å². The van der Waals surface area contributed by atoms with E-state index in [-0.39, 0.29) is 0 Å². The fraction of sp³-hybridized carbons (Fsp3) is 0.600. The Morgan fingerprint density at radius 2 is 2.18 bits per heavy atom. The minimum Gasteiger partial charge on any atom is -0.317 e. The predicted octanol–water partition coefficient (Wildman–Crippen LogP) is 2.10. The van der Waals surface area contributed by atoms with Crippen LogP contribution < -0.4 is 10.6 Å². The van der Waals surface area contributed by atoms with Gasteiger partial charge in [0, 0.05) is 17.6 Å².